The molecule has 2 N–H and O–H groups in total. The maximum absolute atomic E-state index is 12.3. The largest absolute Gasteiger partial charge is 0.385 e. The van der Waals surface area contributed by atoms with Gasteiger partial charge >= 0.3 is 0 Å². The van der Waals surface area contributed by atoms with Crippen LogP contribution in [-0.4, -0.2) is 38.8 Å². The first-order valence-electron chi connectivity index (χ1n) is 8.15. The first-order valence-corrected chi connectivity index (χ1v) is 8.15. The van der Waals surface area contributed by atoms with Gasteiger partial charge in [0.05, 0.1) is 0 Å². The van der Waals surface area contributed by atoms with E-state index in [1.165, 1.54) is 25.7 Å². The molecule has 1 aliphatic carbocycles. The third-order valence-corrected chi connectivity index (χ3v) is 5.13. The van der Waals surface area contributed by atoms with E-state index in [0.29, 0.717) is 11.5 Å². The lowest BCUT2D eigenvalue weighted by molar-refractivity contribution is -0.126. The highest BCUT2D eigenvalue weighted by atomic mass is 16.5. The van der Waals surface area contributed by atoms with Crippen molar-refractivity contribution in [2.75, 3.05) is 26.8 Å². The van der Waals surface area contributed by atoms with Gasteiger partial charge in [0, 0.05) is 32.2 Å². The van der Waals surface area contributed by atoms with Gasteiger partial charge in [0.1, 0.15) is 0 Å². The SMILES string of the molecule is COCCC1(CNC(=O)[C@H]2CCN[C@@H](C)C2)CCCC1. The third kappa shape index (κ3) is 4.19. The first kappa shape index (κ1) is 15.8. The number of carbonyl (C=O) groups excluding carboxylic acids is 1. The molecule has 0 spiro atoms. The third-order valence-electron chi connectivity index (χ3n) is 5.13. The molecular formula is C16H30N2O2. The predicted octanol–water partition coefficient (Wildman–Crippen LogP) is 2.09. The van der Waals surface area contributed by atoms with Crippen LogP contribution in [0.15, 0.2) is 0 Å². The first-order chi connectivity index (χ1) is 9.65. The Balaban J connectivity index is 1.81. The van der Waals surface area contributed by atoms with Gasteiger partial charge < -0.3 is 15.4 Å². The molecule has 1 aliphatic heterocycles. The monoisotopic (exact) mass is 282 g/mol. The summed E-state index contributed by atoms with van der Waals surface area (Å²) in [5.74, 6) is 0.467. The topological polar surface area (TPSA) is 50.4 Å². The Morgan fingerprint density at radius 2 is 2.15 bits per heavy atom. The highest BCUT2D eigenvalue weighted by molar-refractivity contribution is 5.78. The van der Waals surface area contributed by atoms with E-state index in [4.69, 9.17) is 4.74 Å². The summed E-state index contributed by atoms with van der Waals surface area (Å²) in [6, 6.07) is 0.466. The minimum atomic E-state index is 0.201. The summed E-state index contributed by atoms with van der Waals surface area (Å²) in [5, 5.41) is 6.65. The summed E-state index contributed by atoms with van der Waals surface area (Å²) < 4.78 is 5.25. The van der Waals surface area contributed by atoms with Crippen LogP contribution in [0, 0.1) is 11.3 Å². The molecule has 2 rings (SSSR count). The number of rotatable bonds is 6. The van der Waals surface area contributed by atoms with E-state index in [9.17, 15) is 4.79 Å². The molecule has 1 heterocycles. The van der Waals surface area contributed by atoms with Gasteiger partial charge in [0.15, 0.2) is 0 Å². The lowest BCUT2D eigenvalue weighted by Gasteiger charge is -2.31. The molecule has 20 heavy (non-hydrogen) atoms. The van der Waals surface area contributed by atoms with Crippen molar-refractivity contribution < 1.29 is 9.53 Å². The fraction of sp³-hybridized carbons (Fsp3) is 0.938. The van der Waals surface area contributed by atoms with Crippen molar-refractivity contribution >= 4 is 5.91 Å². The zero-order chi connectivity index (χ0) is 14.4. The fourth-order valence-electron chi connectivity index (χ4n) is 3.75. The molecule has 2 aliphatic rings. The minimum absolute atomic E-state index is 0.201. The highest BCUT2D eigenvalue weighted by Gasteiger charge is 2.34. The van der Waals surface area contributed by atoms with Crippen molar-refractivity contribution in [2.24, 2.45) is 11.3 Å². The predicted molar refractivity (Wildman–Crippen MR) is 80.6 cm³/mol. The smallest absolute Gasteiger partial charge is 0.223 e. The number of methoxy groups -OCH3 is 1. The highest BCUT2D eigenvalue weighted by Crippen LogP contribution is 2.40. The Bertz CT molecular complexity index is 314. The van der Waals surface area contributed by atoms with Gasteiger partial charge in [-0.3, -0.25) is 4.79 Å². The van der Waals surface area contributed by atoms with Gasteiger partial charge in [-0.1, -0.05) is 12.8 Å². The Hall–Kier alpha value is -0.610. The lowest BCUT2D eigenvalue weighted by Crippen LogP contribution is -2.45. The minimum Gasteiger partial charge on any atom is -0.385 e. The summed E-state index contributed by atoms with van der Waals surface area (Å²) in [4.78, 5) is 12.3. The van der Waals surface area contributed by atoms with E-state index in [2.05, 4.69) is 17.6 Å². The fourth-order valence-corrected chi connectivity index (χ4v) is 3.75. The van der Waals surface area contributed by atoms with Gasteiger partial charge in [-0.25, -0.2) is 0 Å². The van der Waals surface area contributed by atoms with Crippen LogP contribution in [0.4, 0.5) is 0 Å². The van der Waals surface area contributed by atoms with Crippen molar-refractivity contribution in [3.63, 3.8) is 0 Å². The molecule has 116 valence electrons. The average Bonchev–Trinajstić information content (AvgIpc) is 2.92. The van der Waals surface area contributed by atoms with Crippen molar-refractivity contribution in [3.8, 4) is 0 Å². The zero-order valence-corrected chi connectivity index (χ0v) is 13.0. The second-order valence-electron chi connectivity index (χ2n) is 6.74. The summed E-state index contributed by atoms with van der Waals surface area (Å²) in [6.07, 6.45) is 8.08. The Morgan fingerprint density at radius 3 is 2.80 bits per heavy atom. The quantitative estimate of drug-likeness (QED) is 0.784. The molecule has 0 aromatic rings. The van der Waals surface area contributed by atoms with Crippen LogP contribution < -0.4 is 10.6 Å². The van der Waals surface area contributed by atoms with E-state index in [-0.39, 0.29) is 11.8 Å². The number of piperidine rings is 1. The molecule has 1 amide bonds. The Kier molecular flexibility index (Phi) is 5.85. The number of hydrogen-bond acceptors (Lipinski definition) is 3. The van der Waals surface area contributed by atoms with Crippen LogP contribution in [0.5, 0.6) is 0 Å². The molecule has 0 aromatic carbocycles. The average molecular weight is 282 g/mol. The summed E-state index contributed by atoms with van der Waals surface area (Å²) >= 11 is 0. The van der Waals surface area contributed by atoms with Crippen molar-refractivity contribution in [1.29, 1.82) is 0 Å². The van der Waals surface area contributed by atoms with Crippen LogP contribution in [0.1, 0.15) is 51.9 Å². The number of nitrogens with one attached hydrogen (secondary N) is 2. The Labute approximate surface area is 123 Å². The van der Waals surface area contributed by atoms with E-state index in [1.807, 2.05) is 0 Å². The molecule has 4 heteroatoms. The number of ether oxygens (including phenoxy) is 1. The van der Waals surface area contributed by atoms with Crippen LogP contribution in [0.2, 0.25) is 0 Å². The van der Waals surface area contributed by atoms with Crippen LogP contribution in [0.3, 0.4) is 0 Å². The molecule has 1 saturated heterocycles. The van der Waals surface area contributed by atoms with Crippen molar-refractivity contribution in [3.05, 3.63) is 0 Å². The molecule has 4 nitrogen and oxygen atoms in total. The second-order valence-corrected chi connectivity index (χ2v) is 6.74. The zero-order valence-electron chi connectivity index (χ0n) is 13.0. The van der Waals surface area contributed by atoms with Gasteiger partial charge in [-0.2, -0.15) is 0 Å². The molecule has 1 saturated carbocycles. The van der Waals surface area contributed by atoms with Crippen LogP contribution >= 0.6 is 0 Å². The number of carbonyl (C=O) groups is 1. The molecule has 0 unspecified atom stereocenters. The Morgan fingerprint density at radius 1 is 1.40 bits per heavy atom. The molecule has 2 fully saturated rings. The summed E-state index contributed by atoms with van der Waals surface area (Å²) in [6.45, 7) is 4.78. The van der Waals surface area contributed by atoms with Gasteiger partial charge in [0.2, 0.25) is 5.91 Å². The molecule has 0 radical (unpaired) electrons. The van der Waals surface area contributed by atoms with E-state index in [0.717, 1.165) is 39.0 Å². The summed E-state index contributed by atoms with van der Waals surface area (Å²) in [5.41, 5.74) is 0.296. The standard InChI is InChI=1S/C16H30N2O2/c1-13-11-14(5-9-17-13)15(19)18-12-16(8-10-20-2)6-3-4-7-16/h13-14,17H,3-12H2,1-2H3,(H,18,19)/t13-,14-/m0/s1. The van der Waals surface area contributed by atoms with Crippen LogP contribution in [-0.2, 0) is 9.53 Å². The van der Waals surface area contributed by atoms with Gasteiger partial charge in [-0.15, -0.1) is 0 Å². The normalized spacial score (nSPS) is 29.3. The molecule has 0 bridgehead atoms. The van der Waals surface area contributed by atoms with Gasteiger partial charge in [0.25, 0.3) is 0 Å². The number of hydrogen-bond donors (Lipinski definition) is 2. The number of amides is 1. The van der Waals surface area contributed by atoms with Crippen molar-refractivity contribution in [1.82, 2.24) is 10.6 Å². The maximum atomic E-state index is 12.3. The van der Waals surface area contributed by atoms with E-state index >= 15 is 0 Å². The molecule has 2 atom stereocenters. The molecule has 0 aromatic heterocycles. The van der Waals surface area contributed by atoms with Crippen LogP contribution in [0.25, 0.3) is 0 Å². The maximum Gasteiger partial charge on any atom is 0.223 e. The van der Waals surface area contributed by atoms with Gasteiger partial charge in [-0.05, 0) is 51.0 Å². The van der Waals surface area contributed by atoms with E-state index in [1.54, 1.807) is 7.11 Å². The lowest BCUT2D eigenvalue weighted by atomic mass is 9.82. The van der Waals surface area contributed by atoms with E-state index < -0.39 is 0 Å². The van der Waals surface area contributed by atoms with Crippen molar-refractivity contribution in [2.45, 2.75) is 57.9 Å². The second kappa shape index (κ2) is 7.41. The molecular weight excluding hydrogens is 252 g/mol. The summed E-state index contributed by atoms with van der Waals surface area (Å²) in [7, 11) is 1.76.